The van der Waals surface area contributed by atoms with E-state index in [2.05, 4.69) is 10.6 Å². The lowest BCUT2D eigenvalue weighted by atomic mass is 9.98. The van der Waals surface area contributed by atoms with E-state index in [1.807, 2.05) is 66.0 Å². The van der Waals surface area contributed by atoms with Crippen LogP contribution in [0.25, 0.3) is 0 Å². The third-order valence-corrected chi connectivity index (χ3v) is 5.85. The van der Waals surface area contributed by atoms with Crippen molar-refractivity contribution in [2.24, 2.45) is 0 Å². The maximum Gasteiger partial charge on any atom is 0.265 e. The smallest absolute Gasteiger partial charge is 0.265 e. The van der Waals surface area contributed by atoms with Gasteiger partial charge in [-0.3, -0.25) is 9.59 Å². The summed E-state index contributed by atoms with van der Waals surface area (Å²) in [6.45, 7) is 0. The van der Waals surface area contributed by atoms with Gasteiger partial charge in [0.1, 0.15) is 5.75 Å². The highest BCUT2D eigenvalue weighted by Crippen LogP contribution is 2.25. The van der Waals surface area contributed by atoms with Gasteiger partial charge in [0.05, 0.1) is 18.0 Å². The predicted molar refractivity (Wildman–Crippen MR) is 127 cm³/mol. The highest BCUT2D eigenvalue weighted by molar-refractivity contribution is 7.12. The van der Waals surface area contributed by atoms with Crippen molar-refractivity contribution in [1.29, 1.82) is 0 Å². The highest BCUT2D eigenvalue weighted by Gasteiger charge is 2.18. The Kier molecular flexibility index (Phi) is 6.63. The Morgan fingerprint density at radius 2 is 1.56 bits per heavy atom. The molecule has 2 N–H and O–H groups in total. The lowest BCUT2D eigenvalue weighted by molar-refractivity contribution is 0.0941. The number of hydrogen-bond donors (Lipinski definition) is 2. The number of amides is 2. The molecular weight excluding hydrogens is 420 g/mol. The van der Waals surface area contributed by atoms with Gasteiger partial charge in [0, 0.05) is 11.3 Å². The first-order valence-electron chi connectivity index (χ1n) is 10.1. The summed E-state index contributed by atoms with van der Waals surface area (Å²) < 4.78 is 5.26. The van der Waals surface area contributed by atoms with Gasteiger partial charge in [-0.15, -0.1) is 11.3 Å². The number of hydrogen-bond acceptors (Lipinski definition) is 4. The second kappa shape index (κ2) is 9.94. The van der Waals surface area contributed by atoms with Crippen molar-refractivity contribution in [2.45, 2.75) is 6.04 Å². The average molecular weight is 443 g/mol. The number of thiophene rings is 1. The van der Waals surface area contributed by atoms with E-state index in [-0.39, 0.29) is 17.9 Å². The van der Waals surface area contributed by atoms with E-state index in [1.54, 1.807) is 37.4 Å². The quantitative estimate of drug-likeness (QED) is 0.396. The van der Waals surface area contributed by atoms with Crippen molar-refractivity contribution in [2.75, 3.05) is 12.4 Å². The number of nitrogens with one attached hydrogen (secondary N) is 2. The summed E-state index contributed by atoms with van der Waals surface area (Å²) in [5.41, 5.74) is 2.93. The van der Waals surface area contributed by atoms with Gasteiger partial charge in [-0.05, 0) is 52.9 Å². The van der Waals surface area contributed by atoms with E-state index in [1.165, 1.54) is 11.3 Å². The Labute approximate surface area is 190 Å². The van der Waals surface area contributed by atoms with Gasteiger partial charge in [0.15, 0.2) is 0 Å². The molecule has 0 unspecified atom stereocenters. The molecule has 5 nitrogen and oxygen atoms in total. The van der Waals surface area contributed by atoms with Crippen LogP contribution in [0.4, 0.5) is 5.69 Å². The number of ether oxygens (including phenoxy) is 1. The van der Waals surface area contributed by atoms with Crippen LogP contribution < -0.4 is 15.4 Å². The molecule has 0 fully saturated rings. The minimum Gasteiger partial charge on any atom is -0.497 e. The van der Waals surface area contributed by atoms with Gasteiger partial charge < -0.3 is 15.4 Å². The summed E-state index contributed by atoms with van der Waals surface area (Å²) >= 11 is 1.37. The molecule has 0 spiro atoms. The molecule has 1 aromatic heterocycles. The number of carbonyl (C=O) groups excluding carboxylic acids is 2. The third-order valence-electron chi connectivity index (χ3n) is 4.99. The SMILES string of the molecule is COc1ccc([C@@H](NC(=O)c2cccc(NC(=O)c3cccs3)c2)c2ccccc2)cc1. The molecule has 4 aromatic rings. The van der Waals surface area contributed by atoms with Crippen LogP contribution in [0.15, 0.2) is 96.4 Å². The minimum atomic E-state index is -0.334. The Morgan fingerprint density at radius 1 is 0.812 bits per heavy atom. The molecule has 160 valence electrons. The molecule has 1 heterocycles. The third kappa shape index (κ3) is 5.04. The van der Waals surface area contributed by atoms with Crippen LogP contribution in [-0.4, -0.2) is 18.9 Å². The molecule has 0 aliphatic rings. The van der Waals surface area contributed by atoms with Gasteiger partial charge in [0.2, 0.25) is 0 Å². The Balaban J connectivity index is 1.56. The molecule has 0 saturated carbocycles. The maximum atomic E-state index is 13.1. The summed E-state index contributed by atoms with van der Waals surface area (Å²) in [5.74, 6) is 0.320. The number of rotatable bonds is 7. The zero-order valence-corrected chi connectivity index (χ0v) is 18.3. The van der Waals surface area contributed by atoms with E-state index < -0.39 is 0 Å². The fourth-order valence-corrected chi connectivity index (χ4v) is 3.97. The molecule has 0 aliphatic heterocycles. The number of benzene rings is 3. The normalized spacial score (nSPS) is 11.4. The van der Waals surface area contributed by atoms with E-state index in [0.29, 0.717) is 16.1 Å². The first-order chi connectivity index (χ1) is 15.6. The minimum absolute atomic E-state index is 0.196. The molecule has 0 aliphatic carbocycles. The lowest BCUT2D eigenvalue weighted by Crippen LogP contribution is -2.29. The fourth-order valence-electron chi connectivity index (χ4n) is 3.35. The lowest BCUT2D eigenvalue weighted by Gasteiger charge is -2.20. The predicted octanol–water partition coefficient (Wildman–Crippen LogP) is 5.53. The topological polar surface area (TPSA) is 67.4 Å². The van der Waals surface area contributed by atoms with Crippen LogP contribution in [0.3, 0.4) is 0 Å². The van der Waals surface area contributed by atoms with Crippen LogP contribution in [0.5, 0.6) is 5.75 Å². The molecule has 32 heavy (non-hydrogen) atoms. The van der Waals surface area contributed by atoms with Gasteiger partial charge >= 0.3 is 0 Å². The van der Waals surface area contributed by atoms with Gasteiger partial charge in [-0.2, -0.15) is 0 Å². The molecule has 4 rings (SSSR count). The summed E-state index contributed by atoms with van der Waals surface area (Å²) in [6.07, 6.45) is 0. The number of anilines is 1. The first kappa shape index (κ1) is 21.3. The molecule has 1 atom stereocenters. The molecule has 6 heteroatoms. The number of methoxy groups -OCH3 is 1. The monoisotopic (exact) mass is 442 g/mol. The highest BCUT2D eigenvalue weighted by atomic mass is 32.1. The van der Waals surface area contributed by atoms with Crippen molar-refractivity contribution in [3.63, 3.8) is 0 Å². The molecule has 0 bridgehead atoms. The average Bonchev–Trinajstić information content (AvgIpc) is 3.39. The second-order valence-electron chi connectivity index (χ2n) is 7.10. The molecule has 2 amide bonds. The van der Waals surface area contributed by atoms with Crippen molar-refractivity contribution >= 4 is 28.8 Å². The standard InChI is InChI=1S/C26H22N2O3S/c1-31-22-14-12-19(13-15-22)24(18-7-3-2-4-8-18)28-25(29)20-9-5-10-21(17-20)27-26(30)23-11-6-16-32-23/h2-17,24H,1H3,(H,27,30)(H,28,29)/t24-/m0/s1. The molecular formula is C26H22N2O3S. The van der Waals surface area contributed by atoms with Crippen molar-refractivity contribution in [3.8, 4) is 5.75 Å². The number of carbonyl (C=O) groups is 2. The Morgan fingerprint density at radius 3 is 2.25 bits per heavy atom. The fraction of sp³-hybridized carbons (Fsp3) is 0.0769. The van der Waals surface area contributed by atoms with Gasteiger partial charge in [-0.1, -0.05) is 54.6 Å². The van der Waals surface area contributed by atoms with Crippen molar-refractivity contribution < 1.29 is 14.3 Å². The van der Waals surface area contributed by atoms with Gasteiger partial charge in [-0.25, -0.2) is 0 Å². The first-order valence-corrected chi connectivity index (χ1v) is 11.0. The Hall–Kier alpha value is -3.90. The summed E-state index contributed by atoms with van der Waals surface area (Å²) in [6, 6.07) is 27.6. The van der Waals surface area contributed by atoms with Crippen LogP contribution in [0, 0.1) is 0 Å². The van der Waals surface area contributed by atoms with Crippen LogP contribution >= 0.6 is 11.3 Å². The summed E-state index contributed by atoms with van der Waals surface area (Å²) in [5, 5.41) is 7.82. The molecule has 0 radical (unpaired) electrons. The zero-order chi connectivity index (χ0) is 22.3. The zero-order valence-electron chi connectivity index (χ0n) is 17.4. The second-order valence-corrected chi connectivity index (χ2v) is 8.05. The van der Waals surface area contributed by atoms with Crippen LogP contribution in [-0.2, 0) is 0 Å². The molecule has 3 aromatic carbocycles. The Bertz CT molecular complexity index is 1190. The molecule has 0 saturated heterocycles. The van der Waals surface area contributed by atoms with Crippen molar-refractivity contribution in [1.82, 2.24) is 5.32 Å². The summed E-state index contributed by atoms with van der Waals surface area (Å²) in [4.78, 5) is 26.1. The maximum absolute atomic E-state index is 13.1. The van der Waals surface area contributed by atoms with E-state index in [9.17, 15) is 9.59 Å². The van der Waals surface area contributed by atoms with E-state index in [0.717, 1.165) is 16.9 Å². The van der Waals surface area contributed by atoms with E-state index in [4.69, 9.17) is 4.74 Å². The largest absolute Gasteiger partial charge is 0.497 e. The van der Waals surface area contributed by atoms with Crippen LogP contribution in [0.2, 0.25) is 0 Å². The van der Waals surface area contributed by atoms with Gasteiger partial charge in [0.25, 0.3) is 11.8 Å². The van der Waals surface area contributed by atoms with Crippen molar-refractivity contribution in [3.05, 3.63) is 118 Å². The van der Waals surface area contributed by atoms with Crippen LogP contribution in [0.1, 0.15) is 37.2 Å². The summed E-state index contributed by atoms with van der Waals surface area (Å²) in [7, 11) is 1.62. The van der Waals surface area contributed by atoms with E-state index >= 15 is 0 Å².